The Morgan fingerprint density at radius 2 is 1.73 bits per heavy atom. The lowest BCUT2D eigenvalue weighted by Gasteiger charge is -2.18. The maximum atomic E-state index is 13.1. The molecule has 0 amide bonds. The molecule has 0 aliphatic carbocycles. The third-order valence-corrected chi connectivity index (χ3v) is 3.64. The highest BCUT2D eigenvalue weighted by Crippen LogP contribution is 2.26. The maximum absolute atomic E-state index is 13.1. The van der Waals surface area contributed by atoms with Crippen molar-refractivity contribution in [2.75, 3.05) is 13.2 Å². The summed E-state index contributed by atoms with van der Waals surface area (Å²) in [5.74, 6) is 1.33. The molecule has 2 aromatic rings. The molecule has 2 aromatic carbocycles. The predicted octanol–water partition coefficient (Wildman–Crippen LogP) is 4.15. The molecular formula is C19H24FNO. The van der Waals surface area contributed by atoms with Gasteiger partial charge >= 0.3 is 0 Å². The van der Waals surface area contributed by atoms with Crippen LogP contribution in [0.1, 0.15) is 30.9 Å². The van der Waals surface area contributed by atoms with Gasteiger partial charge in [-0.3, -0.25) is 0 Å². The molecule has 0 saturated carbocycles. The smallest absolute Gasteiger partial charge is 0.123 e. The Kier molecular flexibility index (Phi) is 5.96. The summed E-state index contributed by atoms with van der Waals surface area (Å²) < 4.78 is 19.0. The number of halogens is 1. The number of para-hydroxylation sites is 1. The molecule has 0 aliphatic rings. The molecule has 0 radical (unpaired) electrons. The van der Waals surface area contributed by atoms with E-state index >= 15 is 0 Å². The van der Waals surface area contributed by atoms with Gasteiger partial charge in [0.1, 0.15) is 11.6 Å². The van der Waals surface area contributed by atoms with E-state index in [0.717, 1.165) is 23.3 Å². The Hall–Kier alpha value is -1.87. The number of benzene rings is 2. The second-order valence-electron chi connectivity index (χ2n) is 6.00. The van der Waals surface area contributed by atoms with Gasteiger partial charge in [0.2, 0.25) is 0 Å². The number of hydrogen-bond acceptors (Lipinski definition) is 2. The van der Waals surface area contributed by atoms with Crippen LogP contribution in [0, 0.1) is 11.7 Å². The van der Waals surface area contributed by atoms with Gasteiger partial charge in [-0.1, -0.05) is 44.2 Å². The predicted molar refractivity (Wildman–Crippen MR) is 88.7 cm³/mol. The van der Waals surface area contributed by atoms with Crippen LogP contribution in [0.15, 0.2) is 48.5 Å². The van der Waals surface area contributed by atoms with Gasteiger partial charge in [0, 0.05) is 5.92 Å². The van der Waals surface area contributed by atoms with E-state index in [1.807, 2.05) is 30.3 Å². The van der Waals surface area contributed by atoms with Gasteiger partial charge in [0.25, 0.3) is 0 Å². The molecule has 0 fully saturated rings. The molecule has 0 aromatic heterocycles. The zero-order valence-electron chi connectivity index (χ0n) is 13.3. The maximum Gasteiger partial charge on any atom is 0.123 e. The van der Waals surface area contributed by atoms with Gasteiger partial charge < -0.3 is 10.5 Å². The number of nitrogens with two attached hydrogens (primary N) is 1. The van der Waals surface area contributed by atoms with E-state index in [9.17, 15) is 4.39 Å². The van der Waals surface area contributed by atoms with E-state index in [1.54, 1.807) is 0 Å². The summed E-state index contributed by atoms with van der Waals surface area (Å²) in [6, 6.07) is 14.6. The van der Waals surface area contributed by atoms with Crippen LogP contribution < -0.4 is 10.5 Å². The molecule has 0 heterocycles. The van der Waals surface area contributed by atoms with E-state index in [2.05, 4.69) is 19.9 Å². The first kappa shape index (κ1) is 16.5. The second kappa shape index (κ2) is 7.95. The molecule has 0 bridgehead atoms. The standard InChI is InChI=1S/C19H24FNO/c1-14(2)13-22-19-6-4-3-5-16(19)11-17(12-21)15-7-9-18(20)10-8-15/h3-10,14,17H,11-13,21H2,1-2H3. The van der Waals surface area contributed by atoms with Crippen molar-refractivity contribution < 1.29 is 9.13 Å². The number of rotatable bonds is 7. The highest BCUT2D eigenvalue weighted by molar-refractivity contribution is 5.35. The highest BCUT2D eigenvalue weighted by atomic mass is 19.1. The summed E-state index contributed by atoms with van der Waals surface area (Å²) in [5.41, 5.74) is 8.13. The van der Waals surface area contributed by atoms with Crippen LogP contribution in [0.2, 0.25) is 0 Å². The van der Waals surface area contributed by atoms with Gasteiger partial charge in [-0.25, -0.2) is 4.39 Å². The lowest BCUT2D eigenvalue weighted by atomic mass is 9.91. The fourth-order valence-electron chi connectivity index (χ4n) is 2.41. The quantitative estimate of drug-likeness (QED) is 0.834. The van der Waals surface area contributed by atoms with Crippen LogP contribution >= 0.6 is 0 Å². The minimum atomic E-state index is -0.222. The van der Waals surface area contributed by atoms with Crippen LogP contribution in [-0.4, -0.2) is 13.2 Å². The summed E-state index contributed by atoms with van der Waals surface area (Å²) in [5, 5.41) is 0. The largest absolute Gasteiger partial charge is 0.493 e. The average Bonchev–Trinajstić information content (AvgIpc) is 2.52. The van der Waals surface area contributed by atoms with Crippen molar-refractivity contribution in [1.29, 1.82) is 0 Å². The van der Waals surface area contributed by atoms with Gasteiger partial charge in [-0.05, 0) is 48.2 Å². The second-order valence-corrected chi connectivity index (χ2v) is 6.00. The normalized spacial score (nSPS) is 12.4. The van der Waals surface area contributed by atoms with E-state index < -0.39 is 0 Å². The molecule has 3 heteroatoms. The highest BCUT2D eigenvalue weighted by Gasteiger charge is 2.14. The minimum absolute atomic E-state index is 0.157. The molecule has 1 atom stereocenters. The Labute approximate surface area is 132 Å². The Balaban J connectivity index is 2.15. The van der Waals surface area contributed by atoms with Crippen molar-refractivity contribution in [3.63, 3.8) is 0 Å². The number of hydrogen-bond donors (Lipinski definition) is 1. The molecular weight excluding hydrogens is 277 g/mol. The van der Waals surface area contributed by atoms with Gasteiger partial charge in [-0.2, -0.15) is 0 Å². The van der Waals surface area contributed by atoms with Crippen LogP contribution in [0.3, 0.4) is 0 Å². The summed E-state index contributed by atoms with van der Waals surface area (Å²) in [6.45, 7) is 5.47. The summed E-state index contributed by atoms with van der Waals surface area (Å²) in [6.07, 6.45) is 0.788. The first-order valence-corrected chi connectivity index (χ1v) is 7.76. The molecule has 0 spiro atoms. The topological polar surface area (TPSA) is 35.2 Å². The van der Waals surface area contributed by atoms with E-state index in [-0.39, 0.29) is 11.7 Å². The van der Waals surface area contributed by atoms with Crippen LogP contribution in [-0.2, 0) is 6.42 Å². The van der Waals surface area contributed by atoms with E-state index in [4.69, 9.17) is 10.5 Å². The Bertz CT molecular complexity index is 580. The molecule has 22 heavy (non-hydrogen) atoms. The van der Waals surface area contributed by atoms with Crippen LogP contribution in [0.5, 0.6) is 5.75 Å². The van der Waals surface area contributed by atoms with Gasteiger partial charge in [0.15, 0.2) is 0 Å². The summed E-state index contributed by atoms with van der Waals surface area (Å²) in [7, 11) is 0. The molecule has 0 saturated heterocycles. The fraction of sp³-hybridized carbons (Fsp3) is 0.368. The van der Waals surface area contributed by atoms with Crippen molar-refractivity contribution in [3.05, 3.63) is 65.5 Å². The van der Waals surface area contributed by atoms with Gasteiger partial charge in [0.05, 0.1) is 6.61 Å². The SMILES string of the molecule is CC(C)COc1ccccc1CC(CN)c1ccc(F)cc1. The van der Waals surface area contributed by atoms with Crippen molar-refractivity contribution >= 4 is 0 Å². The fourth-order valence-corrected chi connectivity index (χ4v) is 2.41. The van der Waals surface area contributed by atoms with E-state index in [0.29, 0.717) is 19.1 Å². The monoisotopic (exact) mass is 301 g/mol. The number of ether oxygens (including phenoxy) is 1. The van der Waals surface area contributed by atoms with Crippen LogP contribution in [0.4, 0.5) is 4.39 Å². The van der Waals surface area contributed by atoms with Crippen LogP contribution in [0.25, 0.3) is 0 Å². The third-order valence-electron chi connectivity index (χ3n) is 3.64. The summed E-state index contributed by atoms with van der Waals surface area (Å²) >= 11 is 0. The molecule has 2 rings (SSSR count). The van der Waals surface area contributed by atoms with Gasteiger partial charge in [-0.15, -0.1) is 0 Å². The Morgan fingerprint density at radius 3 is 2.36 bits per heavy atom. The molecule has 0 aliphatic heterocycles. The van der Waals surface area contributed by atoms with Crippen molar-refractivity contribution in [2.45, 2.75) is 26.2 Å². The lowest BCUT2D eigenvalue weighted by Crippen LogP contribution is -2.16. The average molecular weight is 301 g/mol. The molecule has 2 nitrogen and oxygen atoms in total. The first-order chi connectivity index (χ1) is 10.6. The van der Waals surface area contributed by atoms with Crippen molar-refractivity contribution in [1.82, 2.24) is 0 Å². The summed E-state index contributed by atoms with van der Waals surface area (Å²) in [4.78, 5) is 0. The first-order valence-electron chi connectivity index (χ1n) is 7.76. The molecule has 1 unspecified atom stereocenters. The third kappa shape index (κ3) is 4.57. The molecule has 118 valence electrons. The molecule has 2 N–H and O–H groups in total. The zero-order chi connectivity index (χ0) is 15.9. The van der Waals surface area contributed by atoms with E-state index in [1.165, 1.54) is 12.1 Å². The zero-order valence-corrected chi connectivity index (χ0v) is 13.3. The van der Waals surface area contributed by atoms with Crippen molar-refractivity contribution in [3.8, 4) is 5.75 Å². The minimum Gasteiger partial charge on any atom is -0.493 e. The van der Waals surface area contributed by atoms with Crippen molar-refractivity contribution in [2.24, 2.45) is 11.7 Å². The Morgan fingerprint density at radius 1 is 1.05 bits per heavy atom. The lowest BCUT2D eigenvalue weighted by molar-refractivity contribution is 0.268.